The van der Waals surface area contributed by atoms with Crippen molar-refractivity contribution < 1.29 is 9.90 Å². The molecule has 0 radical (unpaired) electrons. The topological polar surface area (TPSA) is 40.5 Å². The molecule has 4 rings (SSSR count). The van der Waals surface area contributed by atoms with Crippen molar-refractivity contribution in [1.82, 2.24) is 0 Å². The van der Waals surface area contributed by atoms with E-state index in [0.29, 0.717) is 12.8 Å². The van der Waals surface area contributed by atoms with Gasteiger partial charge in [0.05, 0.1) is 18.1 Å². The summed E-state index contributed by atoms with van der Waals surface area (Å²) in [5.74, 6) is 0.114. The first-order chi connectivity index (χ1) is 13.3. The lowest BCUT2D eigenvalue weighted by Crippen LogP contribution is -2.62. The summed E-state index contributed by atoms with van der Waals surface area (Å²) in [6.07, 6.45) is 9.23. The number of hydrogen-bond acceptors (Lipinski definition) is 2. The standard InChI is InChI=1S/C24H25NO2/c26-22(18-10-4-1-5-11-18)17-16-21-23(19-12-6-2-7-13-19)25(24(21)27)20-14-8-3-9-15-20/h1-6,8-12,14-15,21-23,26H,7,13,16-17H2. The maximum absolute atomic E-state index is 13.0. The van der Waals surface area contributed by atoms with Crippen molar-refractivity contribution in [3.63, 3.8) is 0 Å². The van der Waals surface area contributed by atoms with Crippen LogP contribution in [0.1, 0.15) is 37.4 Å². The smallest absolute Gasteiger partial charge is 0.233 e. The minimum Gasteiger partial charge on any atom is -0.388 e. The number of aliphatic hydroxyl groups excluding tert-OH is 1. The van der Waals surface area contributed by atoms with Gasteiger partial charge in [-0.2, -0.15) is 0 Å². The highest BCUT2D eigenvalue weighted by atomic mass is 16.3. The van der Waals surface area contributed by atoms with E-state index in [2.05, 4.69) is 18.2 Å². The van der Waals surface area contributed by atoms with Crippen molar-refractivity contribution in [2.24, 2.45) is 5.92 Å². The molecule has 27 heavy (non-hydrogen) atoms. The molecule has 0 saturated carbocycles. The van der Waals surface area contributed by atoms with Gasteiger partial charge in [0, 0.05) is 5.69 Å². The van der Waals surface area contributed by atoms with Gasteiger partial charge in [-0.05, 0) is 49.0 Å². The first kappa shape index (κ1) is 17.7. The fourth-order valence-corrected chi connectivity index (χ4v) is 4.18. The summed E-state index contributed by atoms with van der Waals surface area (Å²) in [5, 5.41) is 10.5. The molecule has 0 bridgehead atoms. The van der Waals surface area contributed by atoms with Gasteiger partial charge in [0.25, 0.3) is 0 Å². The average molecular weight is 359 g/mol. The summed E-state index contributed by atoms with van der Waals surface area (Å²) in [6.45, 7) is 0. The zero-order chi connectivity index (χ0) is 18.6. The van der Waals surface area contributed by atoms with Gasteiger partial charge in [0.15, 0.2) is 0 Å². The summed E-state index contributed by atoms with van der Waals surface area (Å²) in [4.78, 5) is 14.9. The number of benzene rings is 2. The summed E-state index contributed by atoms with van der Waals surface area (Å²) < 4.78 is 0. The number of amides is 1. The number of β-lactam (4-membered cyclic amide) rings is 1. The van der Waals surface area contributed by atoms with Crippen LogP contribution in [-0.2, 0) is 4.79 Å². The Bertz CT molecular complexity index is 841. The van der Waals surface area contributed by atoms with Crippen LogP contribution in [0.5, 0.6) is 0 Å². The van der Waals surface area contributed by atoms with Crippen molar-refractivity contribution in [3.8, 4) is 0 Å². The molecule has 138 valence electrons. The predicted molar refractivity (Wildman–Crippen MR) is 108 cm³/mol. The third-order valence-electron chi connectivity index (χ3n) is 5.61. The van der Waals surface area contributed by atoms with Crippen LogP contribution < -0.4 is 4.90 Å². The van der Waals surface area contributed by atoms with E-state index in [9.17, 15) is 9.90 Å². The Balaban J connectivity index is 1.52. The Labute approximate surface area is 160 Å². The molecule has 1 fully saturated rings. The van der Waals surface area contributed by atoms with E-state index < -0.39 is 6.10 Å². The van der Waals surface area contributed by atoms with Gasteiger partial charge >= 0.3 is 0 Å². The monoisotopic (exact) mass is 359 g/mol. The number of carbonyl (C=O) groups is 1. The number of hydrogen-bond donors (Lipinski definition) is 1. The molecule has 3 heteroatoms. The van der Waals surface area contributed by atoms with Gasteiger partial charge < -0.3 is 10.0 Å². The summed E-state index contributed by atoms with van der Waals surface area (Å²) in [6, 6.07) is 19.7. The number of nitrogens with zero attached hydrogens (tertiary/aromatic N) is 1. The van der Waals surface area contributed by atoms with Crippen LogP contribution in [0.15, 0.2) is 84.5 Å². The van der Waals surface area contributed by atoms with E-state index in [0.717, 1.165) is 24.1 Å². The zero-order valence-corrected chi connectivity index (χ0v) is 15.4. The van der Waals surface area contributed by atoms with Crippen LogP contribution in [0, 0.1) is 5.92 Å². The second-order valence-electron chi connectivity index (χ2n) is 7.31. The number of aliphatic hydroxyl groups is 1. The number of anilines is 1. The zero-order valence-electron chi connectivity index (χ0n) is 15.4. The molecule has 1 heterocycles. The highest BCUT2D eigenvalue weighted by Gasteiger charge is 2.49. The molecule has 3 nitrogen and oxygen atoms in total. The molecule has 1 aliphatic heterocycles. The van der Waals surface area contributed by atoms with E-state index in [1.807, 2.05) is 65.6 Å². The highest BCUT2D eigenvalue weighted by molar-refractivity contribution is 6.04. The molecular weight excluding hydrogens is 334 g/mol. The summed E-state index contributed by atoms with van der Waals surface area (Å²) >= 11 is 0. The van der Waals surface area contributed by atoms with Crippen molar-refractivity contribution in [2.75, 3.05) is 4.90 Å². The lowest BCUT2D eigenvalue weighted by molar-refractivity contribution is -0.129. The maximum Gasteiger partial charge on any atom is 0.233 e. The number of rotatable bonds is 6. The number of allylic oxidation sites excluding steroid dienone is 3. The Morgan fingerprint density at radius 2 is 1.74 bits per heavy atom. The fourth-order valence-electron chi connectivity index (χ4n) is 4.18. The lowest BCUT2D eigenvalue weighted by Gasteiger charge is -2.49. The Morgan fingerprint density at radius 1 is 1.04 bits per heavy atom. The van der Waals surface area contributed by atoms with Gasteiger partial charge in [0.1, 0.15) is 0 Å². The SMILES string of the molecule is O=C1C(CCC(O)c2ccccc2)C(C2=CC=CCC2)N1c1ccccc1. The minimum atomic E-state index is -0.523. The second kappa shape index (κ2) is 7.93. The number of carbonyl (C=O) groups excluding carboxylic acids is 1. The maximum atomic E-state index is 13.0. The lowest BCUT2D eigenvalue weighted by atomic mass is 9.76. The van der Waals surface area contributed by atoms with Crippen LogP contribution >= 0.6 is 0 Å². The third kappa shape index (κ3) is 3.60. The van der Waals surface area contributed by atoms with Crippen LogP contribution in [0.3, 0.4) is 0 Å². The summed E-state index contributed by atoms with van der Waals surface area (Å²) in [7, 11) is 0. The van der Waals surface area contributed by atoms with E-state index in [1.165, 1.54) is 5.57 Å². The van der Waals surface area contributed by atoms with Crippen molar-refractivity contribution >= 4 is 11.6 Å². The predicted octanol–water partition coefficient (Wildman–Crippen LogP) is 4.81. The molecule has 0 spiro atoms. The average Bonchev–Trinajstić information content (AvgIpc) is 2.73. The van der Waals surface area contributed by atoms with Crippen LogP contribution in [-0.4, -0.2) is 17.1 Å². The number of para-hydroxylation sites is 1. The molecule has 2 aromatic rings. The third-order valence-corrected chi connectivity index (χ3v) is 5.61. The van der Waals surface area contributed by atoms with Gasteiger partial charge in [-0.25, -0.2) is 0 Å². The highest BCUT2D eigenvalue weighted by Crippen LogP contribution is 2.41. The van der Waals surface area contributed by atoms with Crippen molar-refractivity contribution in [1.29, 1.82) is 0 Å². The summed E-state index contributed by atoms with van der Waals surface area (Å²) in [5.41, 5.74) is 3.20. The van der Waals surface area contributed by atoms with E-state index >= 15 is 0 Å². The normalized spacial score (nSPS) is 22.9. The largest absolute Gasteiger partial charge is 0.388 e. The molecule has 2 aromatic carbocycles. The molecule has 1 N–H and O–H groups in total. The van der Waals surface area contributed by atoms with E-state index in [4.69, 9.17) is 0 Å². The molecule has 3 unspecified atom stereocenters. The fraction of sp³-hybridized carbons (Fsp3) is 0.292. The quantitative estimate of drug-likeness (QED) is 0.752. The minimum absolute atomic E-state index is 0.0543. The molecule has 2 aliphatic rings. The molecule has 0 aromatic heterocycles. The molecule has 1 aliphatic carbocycles. The van der Waals surface area contributed by atoms with E-state index in [1.54, 1.807) is 0 Å². The van der Waals surface area contributed by atoms with Crippen LogP contribution in [0.4, 0.5) is 5.69 Å². The van der Waals surface area contributed by atoms with Crippen molar-refractivity contribution in [2.45, 2.75) is 37.8 Å². The van der Waals surface area contributed by atoms with Gasteiger partial charge in [-0.1, -0.05) is 66.8 Å². The van der Waals surface area contributed by atoms with Gasteiger partial charge in [-0.15, -0.1) is 0 Å². The Hall–Kier alpha value is -2.65. The molecule has 1 saturated heterocycles. The Morgan fingerprint density at radius 3 is 2.41 bits per heavy atom. The van der Waals surface area contributed by atoms with Crippen LogP contribution in [0.2, 0.25) is 0 Å². The van der Waals surface area contributed by atoms with Gasteiger partial charge in [-0.3, -0.25) is 4.79 Å². The first-order valence-electron chi connectivity index (χ1n) is 9.72. The molecular formula is C24H25NO2. The Kier molecular flexibility index (Phi) is 5.21. The van der Waals surface area contributed by atoms with Gasteiger partial charge in [0.2, 0.25) is 5.91 Å². The molecule has 3 atom stereocenters. The van der Waals surface area contributed by atoms with E-state index in [-0.39, 0.29) is 17.9 Å². The van der Waals surface area contributed by atoms with Crippen LogP contribution in [0.25, 0.3) is 0 Å². The second-order valence-corrected chi connectivity index (χ2v) is 7.31. The first-order valence-corrected chi connectivity index (χ1v) is 9.72. The molecule has 1 amide bonds. The van der Waals surface area contributed by atoms with Crippen molar-refractivity contribution in [3.05, 3.63) is 90.0 Å².